The van der Waals surface area contributed by atoms with Crippen LogP contribution in [0.5, 0.6) is 0 Å². The van der Waals surface area contributed by atoms with Crippen molar-refractivity contribution in [2.45, 2.75) is 77.2 Å². The predicted molar refractivity (Wildman–Crippen MR) is 108 cm³/mol. The van der Waals surface area contributed by atoms with Crippen LogP contribution in [-0.2, 0) is 15.5 Å². The maximum absolute atomic E-state index is 12.1. The van der Waals surface area contributed by atoms with Gasteiger partial charge in [0, 0.05) is 40.9 Å². The molecule has 0 aromatic heterocycles. The van der Waals surface area contributed by atoms with Crippen molar-refractivity contribution in [3.05, 3.63) is 0 Å². The van der Waals surface area contributed by atoms with Crippen molar-refractivity contribution in [1.29, 1.82) is 0 Å². The number of ether oxygens (including phenoxy) is 1. The minimum atomic E-state index is -0.735. The van der Waals surface area contributed by atoms with Crippen LogP contribution < -0.4 is 16.0 Å². The van der Waals surface area contributed by atoms with Crippen LogP contribution in [0.3, 0.4) is 0 Å². The fourth-order valence-electron chi connectivity index (χ4n) is 2.90. The summed E-state index contributed by atoms with van der Waals surface area (Å²) >= 11 is 0. The first-order chi connectivity index (χ1) is 12.2. The number of carbonyl (C=O) groups excluding carboxylic acids is 1. The van der Waals surface area contributed by atoms with E-state index in [4.69, 9.17) is 4.74 Å². The molecule has 0 aliphatic heterocycles. The van der Waals surface area contributed by atoms with Crippen molar-refractivity contribution in [2.75, 3.05) is 25.4 Å². The Balaban J connectivity index is 2.45. The number of guanidine groups is 1. The molecule has 0 bridgehead atoms. The number of nitrogens with zero attached hydrogens (tertiary/aromatic N) is 1. The molecule has 1 rings (SSSR count). The highest BCUT2D eigenvalue weighted by Crippen LogP contribution is 2.22. The van der Waals surface area contributed by atoms with Crippen LogP contribution in [0.15, 0.2) is 4.99 Å². The molecule has 1 aliphatic carbocycles. The average Bonchev–Trinajstić information content (AvgIpc) is 2.56. The van der Waals surface area contributed by atoms with Gasteiger partial charge in [-0.2, -0.15) is 0 Å². The lowest BCUT2D eigenvalue weighted by Crippen LogP contribution is -2.47. The van der Waals surface area contributed by atoms with E-state index in [0.29, 0.717) is 19.1 Å². The van der Waals surface area contributed by atoms with E-state index < -0.39 is 22.5 Å². The summed E-state index contributed by atoms with van der Waals surface area (Å²) in [6.45, 7) is 11.2. The summed E-state index contributed by atoms with van der Waals surface area (Å²) in [5.74, 6) is 1.47. The van der Waals surface area contributed by atoms with Gasteiger partial charge in [-0.15, -0.1) is 0 Å². The normalized spacial score (nSPS) is 22.4. The van der Waals surface area contributed by atoms with Gasteiger partial charge in [0.15, 0.2) is 5.96 Å². The minimum Gasteiger partial charge on any atom is -0.444 e. The van der Waals surface area contributed by atoms with E-state index >= 15 is 0 Å². The van der Waals surface area contributed by atoms with E-state index in [2.05, 4.69) is 20.9 Å². The van der Waals surface area contributed by atoms with Gasteiger partial charge in [-0.1, -0.05) is 13.3 Å². The van der Waals surface area contributed by atoms with E-state index in [-0.39, 0.29) is 5.25 Å². The highest BCUT2D eigenvalue weighted by atomic mass is 32.2. The molecular formula is C18H36N4O3S. The van der Waals surface area contributed by atoms with Crippen molar-refractivity contribution in [1.82, 2.24) is 16.0 Å². The molecule has 0 radical (unpaired) electrons. The largest absolute Gasteiger partial charge is 0.444 e. The monoisotopic (exact) mass is 388 g/mol. The standard InChI is InChI=1S/C18H36N4O3S/c1-6-19-16(20-11-12-21-17(23)25-18(3,4)5)22-14-9-8-10-15(13-14)26(24)7-2/h14-15H,6-13H2,1-5H3,(H,21,23)(H2,19,20,22). The molecule has 1 saturated carbocycles. The summed E-state index contributed by atoms with van der Waals surface area (Å²) in [4.78, 5) is 16.1. The third-order valence-corrected chi connectivity index (χ3v) is 5.76. The van der Waals surface area contributed by atoms with Crippen molar-refractivity contribution >= 4 is 22.9 Å². The highest BCUT2D eigenvalue weighted by molar-refractivity contribution is 7.85. The zero-order valence-electron chi connectivity index (χ0n) is 16.9. The number of nitrogens with one attached hydrogen (secondary N) is 3. The lowest BCUT2D eigenvalue weighted by molar-refractivity contribution is 0.0529. The van der Waals surface area contributed by atoms with Gasteiger partial charge in [0.2, 0.25) is 0 Å². The fourth-order valence-corrected chi connectivity index (χ4v) is 4.25. The number of amides is 1. The minimum absolute atomic E-state index is 0.281. The van der Waals surface area contributed by atoms with Gasteiger partial charge in [0.05, 0.1) is 6.54 Å². The molecule has 0 aromatic carbocycles. The molecule has 0 aromatic rings. The Bertz CT molecular complexity index is 491. The second-order valence-electron chi connectivity index (χ2n) is 7.49. The Hall–Kier alpha value is -1.31. The fraction of sp³-hybridized carbons (Fsp3) is 0.889. The molecule has 1 aliphatic rings. The molecule has 7 nitrogen and oxygen atoms in total. The zero-order valence-corrected chi connectivity index (χ0v) is 17.7. The first-order valence-corrected chi connectivity index (χ1v) is 11.0. The summed E-state index contributed by atoms with van der Waals surface area (Å²) in [5.41, 5.74) is -0.500. The van der Waals surface area contributed by atoms with E-state index in [1.165, 1.54) is 0 Å². The number of alkyl carbamates (subject to hydrolysis) is 1. The van der Waals surface area contributed by atoms with Crippen LogP contribution in [0, 0.1) is 0 Å². The molecule has 3 atom stereocenters. The quantitative estimate of drug-likeness (QED) is 0.353. The number of hydrogen-bond donors (Lipinski definition) is 3. The van der Waals surface area contributed by atoms with E-state index in [9.17, 15) is 9.00 Å². The van der Waals surface area contributed by atoms with E-state index in [0.717, 1.165) is 43.9 Å². The van der Waals surface area contributed by atoms with Gasteiger partial charge < -0.3 is 20.7 Å². The Morgan fingerprint density at radius 3 is 2.58 bits per heavy atom. The first-order valence-electron chi connectivity index (χ1n) is 9.64. The molecule has 1 amide bonds. The van der Waals surface area contributed by atoms with Crippen LogP contribution in [0.2, 0.25) is 0 Å². The Morgan fingerprint density at radius 2 is 1.96 bits per heavy atom. The highest BCUT2D eigenvalue weighted by Gasteiger charge is 2.26. The summed E-state index contributed by atoms with van der Waals surface area (Å²) in [7, 11) is -0.735. The second kappa shape index (κ2) is 11.4. The third kappa shape index (κ3) is 9.40. The smallest absolute Gasteiger partial charge is 0.407 e. The molecule has 1 fully saturated rings. The van der Waals surface area contributed by atoms with Crippen molar-refractivity contribution in [2.24, 2.45) is 4.99 Å². The summed E-state index contributed by atoms with van der Waals surface area (Å²) in [6, 6.07) is 0.292. The first kappa shape index (κ1) is 22.7. The maximum atomic E-state index is 12.1. The number of carbonyl (C=O) groups is 1. The third-order valence-electron chi connectivity index (χ3n) is 4.02. The predicted octanol–water partition coefficient (Wildman–Crippen LogP) is 2.15. The van der Waals surface area contributed by atoms with Gasteiger partial charge in [0.1, 0.15) is 5.60 Å². The SMILES string of the molecule is CCNC(=NCCNC(=O)OC(C)(C)C)NC1CCCC(S(=O)CC)C1. The number of hydrogen-bond acceptors (Lipinski definition) is 4. The number of rotatable bonds is 7. The topological polar surface area (TPSA) is 91.8 Å². The van der Waals surface area contributed by atoms with Crippen LogP contribution in [-0.4, -0.2) is 58.5 Å². The van der Waals surface area contributed by atoms with Crippen LogP contribution in [0.25, 0.3) is 0 Å². The van der Waals surface area contributed by atoms with Crippen molar-refractivity contribution < 1.29 is 13.7 Å². The molecule has 0 heterocycles. The maximum Gasteiger partial charge on any atom is 0.407 e. The van der Waals surface area contributed by atoms with Crippen LogP contribution in [0.4, 0.5) is 4.79 Å². The Kier molecular flexibility index (Phi) is 9.98. The van der Waals surface area contributed by atoms with Crippen LogP contribution >= 0.6 is 0 Å². The lowest BCUT2D eigenvalue weighted by atomic mass is 9.95. The molecule has 0 spiro atoms. The summed E-state index contributed by atoms with van der Waals surface area (Å²) < 4.78 is 17.3. The Morgan fingerprint density at radius 1 is 1.23 bits per heavy atom. The zero-order chi connectivity index (χ0) is 19.6. The van der Waals surface area contributed by atoms with Gasteiger partial charge in [-0.05, 0) is 47.0 Å². The molecule has 3 unspecified atom stereocenters. The Labute approximate surface area is 160 Å². The molecular weight excluding hydrogens is 352 g/mol. The van der Waals surface area contributed by atoms with E-state index in [1.54, 1.807) is 0 Å². The summed E-state index contributed by atoms with van der Waals surface area (Å²) in [5, 5.41) is 9.67. The lowest BCUT2D eigenvalue weighted by Gasteiger charge is -2.30. The average molecular weight is 389 g/mol. The van der Waals surface area contributed by atoms with Crippen molar-refractivity contribution in [3.8, 4) is 0 Å². The van der Waals surface area contributed by atoms with Crippen molar-refractivity contribution in [3.63, 3.8) is 0 Å². The van der Waals surface area contributed by atoms with Gasteiger partial charge in [0.25, 0.3) is 0 Å². The number of aliphatic imine (C=N–C) groups is 1. The van der Waals surface area contributed by atoms with Gasteiger partial charge in [-0.25, -0.2) is 4.79 Å². The van der Waals surface area contributed by atoms with Crippen LogP contribution in [0.1, 0.15) is 60.3 Å². The molecule has 152 valence electrons. The van der Waals surface area contributed by atoms with Gasteiger partial charge >= 0.3 is 6.09 Å². The summed E-state index contributed by atoms with van der Waals surface area (Å²) in [6.07, 6.45) is 3.70. The molecule has 0 saturated heterocycles. The van der Waals surface area contributed by atoms with Gasteiger partial charge in [-0.3, -0.25) is 9.20 Å². The molecule has 3 N–H and O–H groups in total. The van der Waals surface area contributed by atoms with E-state index in [1.807, 2.05) is 34.6 Å². The second-order valence-corrected chi connectivity index (χ2v) is 9.49. The molecule has 26 heavy (non-hydrogen) atoms. The molecule has 8 heteroatoms.